The van der Waals surface area contributed by atoms with Crippen molar-refractivity contribution in [2.24, 2.45) is 7.05 Å². The van der Waals surface area contributed by atoms with Crippen molar-refractivity contribution in [3.8, 4) is 0 Å². The Hall–Kier alpha value is -3.49. The van der Waals surface area contributed by atoms with E-state index in [1.165, 1.54) is 37.3 Å². The highest BCUT2D eigenvalue weighted by molar-refractivity contribution is 6.07. The Bertz CT molecular complexity index is 1050. The number of carbonyl (C=O) groups is 3. The highest BCUT2D eigenvalue weighted by atomic mass is 16.6. The molecule has 1 aromatic heterocycles. The van der Waals surface area contributed by atoms with Gasteiger partial charge < -0.3 is 14.2 Å². The number of rotatable bonds is 6. The molecule has 2 aromatic rings. The van der Waals surface area contributed by atoms with Crippen LogP contribution in [0.25, 0.3) is 0 Å². The number of hydrogen-bond donors (Lipinski definition) is 0. The van der Waals surface area contributed by atoms with Gasteiger partial charge >= 0.3 is 5.97 Å². The summed E-state index contributed by atoms with van der Waals surface area (Å²) in [6.07, 6.45) is 0. The zero-order valence-corrected chi connectivity index (χ0v) is 18.1. The van der Waals surface area contributed by atoms with Crippen molar-refractivity contribution in [1.29, 1.82) is 0 Å². The van der Waals surface area contributed by atoms with E-state index in [1.807, 2.05) is 0 Å². The number of nitro groups is 1. The number of ether oxygens (including phenoxy) is 1. The molecule has 1 aromatic carbocycles. The molecule has 1 amide bonds. The second-order valence-corrected chi connectivity index (χ2v) is 7.20. The van der Waals surface area contributed by atoms with Crippen molar-refractivity contribution in [2.75, 3.05) is 14.2 Å². The van der Waals surface area contributed by atoms with Crippen LogP contribution in [0.3, 0.4) is 0 Å². The van der Waals surface area contributed by atoms with Gasteiger partial charge in [-0.2, -0.15) is 0 Å². The van der Waals surface area contributed by atoms with Crippen molar-refractivity contribution >= 4 is 23.3 Å². The maximum Gasteiger partial charge on any atom is 0.354 e. The quantitative estimate of drug-likeness (QED) is 0.310. The van der Waals surface area contributed by atoms with Gasteiger partial charge in [-0.1, -0.05) is 6.07 Å². The standard InChI is InChI=1S/C21H25N3O6/c1-11-8-9-15(10-16(11)24(28)29)20(26)23(6)14(4)19(25)17-12(2)18(21(27)30-7)22(5)13(17)3/h8-10,14H,1-7H3/t14-/m1/s1. The highest BCUT2D eigenvalue weighted by Crippen LogP contribution is 2.25. The number of nitro benzene ring substituents is 1. The number of benzene rings is 1. The fourth-order valence-electron chi connectivity index (χ4n) is 3.43. The summed E-state index contributed by atoms with van der Waals surface area (Å²) >= 11 is 0. The molecular formula is C21H25N3O6. The predicted octanol–water partition coefficient (Wildman–Crippen LogP) is 2.99. The second-order valence-electron chi connectivity index (χ2n) is 7.20. The van der Waals surface area contributed by atoms with E-state index in [-0.39, 0.29) is 22.7 Å². The van der Waals surface area contributed by atoms with Crippen molar-refractivity contribution in [3.63, 3.8) is 0 Å². The van der Waals surface area contributed by atoms with Crippen molar-refractivity contribution in [3.05, 3.63) is 62.0 Å². The van der Waals surface area contributed by atoms with Crippen LogP contribution in [0.15, 0.2) is 18.2 Å². The molecule has 1 heterocycles. The van der Waals surface area contributed by atoms with Crippen LogP contribution in [-0.2, 0) is 11.8 Å². The number of methoxy groups -OCH3 is 1. The second kappa shape index (κ2) is 8.48. The summed E-state index contributed by atoms with van der Waals surface area (Å²) in [5.41, 5.74) is 2.07. The Labute approximate surface area is 174 Å². The van der Waals surface area contributed by atoms with E-state index in [2.05, 4.69) is 0 Å². The third kappa shape index (κ3) is 3.83. The van der Waals surface area contributed by atoms with Gasteiger partial charge in [0.2, 0.25) is 0 Å². The van der Waals surface area contributed by atoms with Crippen LogP contribution in [0.2, 0.25) is 0 Å². The molecular weight excluding hydrogens is 390 g/mol. The Kier molecular flexibility index (Phi) is 6.44. The van der Waals surface area contributed by atoms with E-state index < -0.39 is 22.8 Å². The number of aryl methyl sites for hydroxylation is 1. The smallest absolute Gasteiger partial charge is 0.354 e. The van der Waals surface area contributed by atoms with E-state index in [9.17, 15) is 24.5 Å². The van der Waals surface area contributed by atoms with Crippen molar-refractivity contribution in [1.82, 2.24) is 9.47 Å². The molecule has 2 rings (SSSR count). The van der Waals surface area contributed by atoms with E-state index in [4.69, 9.17) is 4.74 Å². The van der Waals surface area contributed by atoms with Crippen LogP contribution in [0.1, 0.15) is 54.9 Å². The van der Waals surface area contributed by atoms with Crippen molar-refractivity contribution in [2.45, 2.75) is 33.7 Å². The van der Waals surface area contributed by atoms with Gasteiger partial charge in [0, 0.05) is 42.5 Å². The van der Waals surface area contributed by atoms with E-state index >= 15 is 0 Å². The summed E-state index contributed by atoms with van der Waals surface area (Å²) in [6, 6.07) is 3.34. The van der Waals surface area contributed by atoms with Crippen LogP contribution in [-0.4, -0.2) is 52.2 Å². The first-order chi connectivity index (χ1) is 13.9. The molecule has 0 spiro atoms. The van der Waals surface area contributed by atoms with Gasteiger partial charge in [0.25, 0.3) is 11.6 Å². The van der Waals surface area contributed by atoms with Crippen LogP contribution in [0.4, 0.5) is 5.69 Å². The summed E-state index contributed by atoms with van der Waals surface area (Å²) in [6.45, 7) is 6.53. The number of carbonyl (C=O) groups excluding carboxylic acids is 3. The van der Waals surface area contributed by atoms with Gasteiger partial charge in [0.15, 0.2) is 5.78 Å². The highest BCUT2D eigenvalue weighted by Gasteiger charge is 2.31. The summed E-state index contributed by atoms with van der Waals surface area (Å²) in [5, 5.41) is 11.2. The van der Waals surface area contributed by atoms with Gasteiger partial charge in [-0.15, -0.1) is 0 Å². The lowest BCUT2D eigenvalue weighted by atomic mass is 9.99. The number of nitrogens with zero attached hydrogens (tertiary/aromatic N) is 3. The molecule has 0 unspecified atom stereocenters. The number of aromatic nitrogens is 1. The Morgan fingerprint density at radius 2 is 1.80 bits per heavy atom. The van der Waals surface area contributed by atoms with E-state index in [0.29, 0.717) is 22.4 Å². The molecule has 0 saturated heterocycles. The lowest BCUT2D eigenvalue weighted by Crippen LogP contribution is -2.40. The summed E-state index contributed by atoms with van der Waals surface area (Å²) < 4.78 is 6.39. The van der Waals surface area contributed by atoms with Gasteiger partial charge in [-0.25, -0.2) is 4.79 Å². The monoisotopic (exact) mass is 415 g/mol. The van der Waals surface area contributed by atoms with Gasteiger partial charge in [0.1, 0.15) is 5.69 Å². The molecule has 0 aliphatic rings. The SMILES string of the molecule is COC(=O)c1c(C)c(C(=O)[C@@H](C)N(C)C(=O)c2ccc(C)c([N+](=O)[O-])c2)c(C)n1C. The number of amides is 1. The number of Topliss-reactive ketones (excluding diaryl/α,β-unsaturated/α-hetero) is 1. The van der Waals surface area contributed by atoms with Crippen LogP contribution in [0, 0.1) is 30.9 Å². The molecule has 9 heteroatoms. The first-order valence-corrected chi connectivity index (χ1v) is 9.24. The van der Waals surface area contributed by atoms with Gasteiger partial charge in [-0.05, 0) is 39.3 Å². The first kappa shape index (κ1) is 22.8. The zero-order chi connectivity index (χ0) is 22.9. The zero-order valence-electron chi connectivity index (χ0n) is 18.1. The van der Waals surface area contributed by atoms with E-state index in [1.54, 1.807) is 39.3 Å². The van der Waals surface area contributed by atoms with Crippen LogP contribution < -0.4 is 0 Å². The molecule has 0 aliphatic carbocycles. The molecule has 0 N–H and O–H groups in total. The summed E-state index contributed by atoms with van der Waals surface area (Å²) in [5.74, 6) is -1.41. The van der Waals surface area contributed by atoms with Gasteiger partial charge in [-0.3, -0.25) is 19.7 Å². The molecule has 0 saturated carbocycles. The molecule has 0 fully saturated rings. The third-order valence-corrected chi connectivity index (χ3v) is 5.49. The molecule has 0 aliphatic heterocycles. The molecule has 0 radical (unpaired) electrons. The summed E-state index contributed by atoms with van der Waals surface area (Å²) in [7, 11) is 4.39. The Balaban J connectivity index is 2.39. The lowest BCUT2D eigenvalue weighted by Gasteiger charge is -2.24. The average Bonchev–Trinajstić information content (AvgIpc) is 2.93. The Morgan fingerprint density at radius 3 is 2.33 bits per heavy atom. The minimum absolute atomic E-state index is 0.117. The minimum Gasteiger partial charge on any atom is -0.464 e. The topological polar surface area (TPSA) is 112 Å². The normalized spacial score (nSPS) is 11.7. The molecule has 0 bridgehead atoms. The van der Waals surface area contributed by atoms with E-state index in [0.717, 1.165) is 0 Å². The van der Waals surface area contributed by atoms with Crippen LogP contribution >= 0.6 is 0 Å². The fraction of sp³-hybridized carbons (Fsp3) is 0.381. The first-order valence-electron chi connectivity index (χ1n) is 9.24. The number of ketones is 1. The summed E-state index contributed by atoms with van der Waals surface area (Å²) in [4.78, 5) is 50.0. The number of likely N-dealkylation sites (N-methyl/N-ethyl adjacent to an activating group) is 1. The van der Waals surface area contributed by atoms with Crippen LogP contribution in [0.5, 0.6) is 0 Å². The maximum atomic E-state index is 13.2. The molecule has 30 heavy (non-hydrogen) atoms. The maximum absolute atomic E-state index is 13.2. The predicted molar refractivity (Wildman–Crippen MR) is 110 cm³/mol. The average molecular weight is 415 g/mol. The molecule has 1 atom stereocenters. The minimum atomic E-state index is -0.858. The lowest BCUT2D eigenvalue weighted by molar-refractivity contribution is -0.385. The fourth-order valence-corrected chi connectivity index (χ4v) is 3.43. The third-order valence-electron chi connectivity index (χ3n) is 5.49. The molecule has 9 nitrogen and oxygen atoms in total. The van der Waals surface area contributed by atoms with Crippen molar-refractivity contribution < 1.29 is 24.0 Å². The van der Waals surface area contributed by atoms with Gasteiger partial charge in [0.05, 0.1) is 18.1 Å². The largest absolute Gasteiger partial charge is 0.464 e. The Morgan fingerprint density at radius 1 is 1.20 bits per heavy atom. The number of esters is 1. The molecule has 160 valence electrons. The number of hydrogen-bond acceptors (Lipinski definition) is 6.